The molecular formula is C10H20N4. The minimum Gasteiger partial charge on any atom is -0.325 e. The lowest BCUT2D eigenvalue weighted by Crippen LogP contribution is -2.11. The van der Waals surface area contributed by atoms with Crippen LogP contribution in [0.4, 0.5) is 0 Å². The highest BCUT2D eigenvalue weighted by molar-refractivity contribution is 5.09. The van der Waals surface area contributed by atoms with E-state index < -0.39 is 0 Å². The number of aromatic nitrogens is 3. The summed E-state index contributed by atoms with van der Waals surface area (Å²) in [5.41, 5.74) is 7.77. The van der Waals surface area contributed by atoms with Crippen LogP contribution >= 0.6 is 0 Å². The maximum absolute atomic E-state index is 5.61. The van der Waals surface area contributed by atoms with Gasteiger partial charge in [0.05, 0.1) is 11.4 Å². The Bertz CT molecular complexity index is 278. The first-order valence-electron chi connectivity index (χ1n) is 5.30. The molecule has 0 radical (unpaired) electrons. The quantitative estimate of drug-likeness (QED) is 0.773. The molecular weight excluding hydrogens is 176 g/mol. The standard InChI is InChI=1S/C10H20N4/c1-4-5-10-9(6-11)12-13-14(10)7-8(2)3/h8H,4-7,11H2,1-3H3. The van der Waals surface area contributed by atoms with Crippen LogP contribution < -0.4 is 5.73 Å². The maximum atomic E-state index is 5.61. The molecule has 0 fully saturated rings. The van der Waals surface area contributed by atoms with Crippen LogP contribution in [0.25, 0.3) is 0 Å². The van der Waals surface area contributed by atoms with Crippen molar-refractivity contribution in [2.75, 3.05) is 0 Å². The van der Waals surface area contributed by atoms with Gasteiger partial charge in [-0.3, -0.25) is 0 Å². The highest BCUT2D eigenvalue weighted by Crippen LogP contribution is 2.10. The summed E-state index contributed by atoms with van der Waals surface area (Å²) >= 11 is 0. The van der Waals surface area contributed by atoms with Crippen LogP contribution in [0.2, 0.25) is 0 Å². The first kappa shape index (κ1) is 11.2. The fraction of sp³-hybridized carbons (Fsp3) is 0.800. The van der Waals surface area contributed by atoms with E-state index in [1.165, 1.54) is 5.69 Å². The smallest absolute Gasteiger partial charge is 0.0994 e. The summed E-state index contributed by atoms with van der Waals surface area (Å²) in [6, 6.07) is 0. The van der Waals surface area contributed by atoms with Gasteiger partial charge in [-0.1, -0.05) is 32.4 Å². The molecule has 0 aliphatic heterocycles. The molecule has 0 unspecified atom stereocenters. The minimum atomic E-state index is 0.493. The van der Waals surface area contributed by atoms with Crippen molar-refractivity contribution in [3.63, 3.8) is 0 Å². The van der Waals surface area contributed by atoms with Gasteiger partial charge < -0.3 is 5.73 Å². The summed E-state index contributed by atoms with van der Waals surface area (Å²) < 4.78 is 2.00. The van der Waals surface area contributed by atoms with Crippen molar-refractivity contribution < 1.29 is 0 Å². The summed E-state index contributed by atoms with van der Waals surface area (Å²) in [5, 5.41) is 8.23. The Morgan fingerprint density at radius 2 is 2.14 bits per heavy atom. The Morgan fingerprint density at radius 3 is 2.64 bits per heavy atom. The van der Waals surface area contributed by atoms with E-state index in [1.807, 2.05) is 4.68 Å². The molecule has 0 bridgehead atoms. The fourth-order valence-electron chi connectivity index (χ4n) is 1.53. The average molecular weight is 196 g/mol. The predicted octanol–water partition coefficient (Wildman–Crippen LogP) is 1.35. The number of hydrogen-bond acceptors (Lipinski definition) is 3. The first-order valence-corrected chi connectivity index (χ1v) is 5.30. The Balaban J connectivity index is 2.86. The molecule has 1 rings (SSSR count). The van der Waals surface area contributed by atoms with Gasteiger partial charge in [0, 0.05) is 13.1 Å². The van der Waals surface area contributed by atoms with Crippen molar-refractivity contribution in [2.24, 2.45) is 11.7 Å². The van der Waals surface area contributed by atoms with E-state index in [2.05, 4.69) is 31.1 Å². The van der Waals surface area contributed by atoms with Gasteiger partial charge in [0.1, 0.15) is 0 Å². The van der Waals surface area contributed by atoms with Crippen LogP contribution in [0.15, 0.2) is 0 Å². The second kappa shape index (κ2) is 5.10. The minimum absolute atomic E-state index is 0.493. The summed E-state index contributed by atoms with van der Waals surface area (Å²) in [7, 11) is 0. The average Bonchev–Trinajstić information content (AvgIpc) is 2.48. The van der Waals surface area contributed by atoms with Crippen molar-refractivity contribution >= 4 is 0 Å². The molecule has 0 atom stereocenters. The summed E-state index contributed by atoms with van der Waals surface area (Å²) in [6.45, 7) is 7.95. The van der Waals surface area contributed by atoms with E-state index in [4.69, 9.17) is 5.73 Å². The van der Waals surface area contributed by atoms with Gasteiger partial charge >= 0.3 is 0 Å². The van der Waals surface area contributed by atoms with Gasteiger partial charge in [0.15, 0.2) is 0 Å². The fourth-order valence-corrected chi connectivity index (χ4v) is 1.53. The largest absolute Gasteiger partial charge is 0.325 e. The lowest BCUT2D eigenvalue weighted by atomic mass is 10.2. The predicted molar refractivity (Wildman–Crippen MR) is 56.7 cm³/mol. The number of rotatable bonds is 5. The molecule has 0 spiro atoms. The van der Waals surface area contributed by atoms with Gasteiger partial charge in [-0.05, 0) is 12.3 Å². The molecule has 4 heteroatoms. The molecule has 1 aromatic heterocycles. The van der Waals surface area contributed by atoms with E-state index in [0.717, 1.165) is 25.1 Å². The van der Waals surface area contributed by atoms with Crippen LogP contribution in [0, 0.1) is 5.92 Å². The summed E-state index contributed by atoms with van der Waals surface area (Å²) in [6.07, 6.45) is 2.13. The topological polar surface area (TPSA) is 56.7 Å². The van der Waals surface area contributed by atoms with Crippen molar-refractivity contribution in [3.05, 3.63) is 11.4 Å². The molecule has 0 saturated heterocycles. The van der Waals surface area contributed by atoms with E-state index in [9.17, 15) is 0 Å². The summed E-state index contributed by atoms with van der Waals surface area (Å²) in [5.74, 6) is 0.595. The molecule has 0 amide bonds. The third-order valence-electron chi connectivity index (χ3n) is 2.14. The zero-order valence-corrected chi connectivity index (χ0v) is 9.32. The van der Waals surface area contributed by atoms with Gasteiger partial charge in [-0.15, -0.1) is 5.10 Å². The molecule has 80 valence electrons. The van der Waals surface area contributed by atoms with Gasteiger partial charge in [-0.25, -0.2) is 4.68 Å². The third-order valence-corrected chi connectivity index (χ3v) is 2.14. The molecule has 1 heterocycles. The van der Waals surface area contributed by atoms with Crippen molar-refractivity contribution in [3.8, 4) is 0 Å². The Labute approximate surface area is 85.5 Å². The monoisotopic (exact) mass is 196 g/mol. The number of hydrogen-bond donors (Lipinski definition) is 1. The molecule has 4 nitrogen and oxygen atoms in total. The number of nitrogens with two attached hydrogens (primary N) is 1. The van der Waals surface area contributed by atoms with Crippen LogP contribution in [0.3, 0.4) is 0 Å². The van der Waals surface area contributed by atoms with Gasteiger partial charge in [0.25, 0.3) is 0 Å². The normalized spacial score (nSPS) is 11.2. The van der Waals surface area contributed by atoms with Crippen LogP contribution in [0.5, 0.6) is 0 Å². The Kier molecular flexibility index (Phi) is 4.07. The number of nitrogens with zero attached hydrogens (tertiary/aromatic N) is 3. The maximum Gasteiger partial charge on any atom is 0.0994 e. The van der Waals surface area contributed by atoms with Crippen molar-refractivity contribution in [1.29, 1.82) is 0 Å². The lowest BCUT2D eigenvalue weighted by Gasteiger charge is -2.08. The highest BCUT2D eigenvalue weighted by atomic mass is 15.4. The zero-order valence-electron chi connectivity index (χ0n) is 9.32. The van der Waals surface area contributed by atoms with E-state index in [0.29, 0.717) is 12.5 Å². The Morgan fingerprint density at radius 1 is 1.43 bits per heavy atom. The Hall–Kier alpha value is -0.900. The highest BCUT2D eigenvalue weighted by Gasteiger charge is 2.11. The van der Waals surface area contributed by atoms with Crippen LogP contribution in [-0.4, -0.2) is 15.0 Å². The van der Waals surface area contributed by atoms with E-state index >= 15 is 0 Å². The van der Waals surface area contributed by atoms with Gasteiger partial charge in [-0.2, -0.15) is 0 Å². The zero-order chi connectivity index (χ0) is 10.6. The lowest BCUT2D eigenvalue weighted by molar-refractivity contribution is 0.457. The molecule has 0 aliphatic carbocycles. The molecule has 0 saturated carbocycles. The third kappa shape index (κ3) is 2.54. The second-order valence-corrected chi connectivity index (χ2v) is 4.01. The van der Waals surface area contributed by atoms with Crippen molar-refractivity contribution in [2.45, 2.75) is 46.7 Å². The van der Waals surface area contributed by atoms with Crippen LogP contribution in [-0.2, 0) is 19.5 Å². The second-order valence-electron chi connectivity index (χ2n) is 4.01. The van der Waals surface area contributed by atoms with Gasteiger partial charge in [0.2, 0.25) is 0 Å². The first-order chi connectivity index (χ1) is 6.69. The molecule has 1 aromatic rings. The van der Waals surface area contributed by atoms with Crippen molar-refractivity contribution in [1.82, 2.24) is 15.0 Å². The molecule has 0 aliphatic rings. The molecule has 2 N–H and O–H groups in total. The molecule has 14 heavy (non-hydrogen) atoms. The SMILES string of the molecule is CCCc1c(CN)nnn1CC(C)C. The molecule has 0 aromatic carbocycles. The van der Waals surface area contributed by atoms with E-state index in [1.54, 1.807) is 0 Å². The van der Waals surface area contributed by atoms with E-state index in [-0.39, 0.29) is 0 Å². The summed E-state index contributed by atoms with van der Waals surface area (Å²) in [4.78, 5) is 0. The van der Waals surface area contributed by atoms with Crippen LogP contribution in [0.1, 0.15) is 38.6 Å².